The third-order valence-electron chi connectivity index (χ3n) is 12.2. The number of unbranched alkanes of at least 4 members (excludes halogenated alkanes) is 18. The Kier molecular flexibility index (Phi) is 38.0. The minimum atomic E-state index is -1.41. The Labute approximate surface area is 471 Å². The number of carbonyl (C=O) groups excluding carboxylic acids is 4. The summed E-state index contributed by atoms with van der Waals surface area (Å²) in [6.07, 6.45) is 30.6. The van der Waals surface area contributed by atoms with Crippen molar-refractivity contribution in [3.63, 3.8) is 0 Å². The van der Waals surface area contributed by atoms with Crippen LogP contribution in [0.2, 0.25) is 0 Å². The van der Waals surface area contributed by atoms with E-state index in [2.05, 4.69) is 25.2 Å². The standard InChI is InChI=1S/C29H42O5S3.C17H32O2S3.C8H8.C4H2O3/c1-4-5-6-7-8-9-10-11-12-16-19-36-28(35)37-23(21-17-14-13-15-18-21)20-22-24(26(31)34-25(22)30)29(2,3)27(32)33;1-4-5-6-7-8-9-10-11-12-13-14-21-16(20)22-17(2,3)15(18)19;1-2-8-6-4-3-5-7-8;5-3-1-2-4(6)7-3/h13-15,17-18,22-24H,4-12,16,19-20H2,1-3H3,(H,32,33);4-14H2,1-3H3,(H,18,19);2-7H,1H2;1-2H. The number of hydrogen-bond donors (Lipinski definition) is 2. The number of ether oxygens (including phenoxy) is 2. The predicted molar refractivity (Wildman–Crippen MR) is 321 cm³/mol. The van der Waals surface area contributed by atoms with Gasteiger partial charge in [-0.25, -0.2) is 9.59 Å². The Hall–Kier alpha value is -3.28. The molecule has 4 rings (SSSR count). The lowest BCUT2D eigenvalue weighted by Gasteiger charge is -2.29. The molecule has 0 aromatic heterocycles. The quantitative estimate of drug-likeness (QED) is 0.0317. The van der Waals surface area contributed by atoms with Crippen LogP contribution in [0.3, 0.4) is 0 Å². The van der Waals surface area contributed by atoms with E-state index in [0.29, 0.717) is 6.42 Å². The van der Waals surface area contributed by atoms with Gasteiger partial charge in [-0.05, 0) is 69.6 Å². The summed E-state index contributed by atoms with van der Waals surface area (Å²) in [5.74, 6) is -4.37. The van der Waals surface area contributed by atoms with Gasteiger partial charge in [0.1, 0.15) is 11.8 Å². The van der Waals surface area contributed by atoms with Crippen molar-refractivity contribution in [3.05, 3.63) is 90.5 Å². The average Bonchev–Trinajstić information content (AvgIpc) is 3.90. The molecule has 1 saturated heterocycles. The lowest BCUT2D eigenvalue weighted by molar-refractivity contribution is -0.160. The molecule has 3 unspecified atom stereocenters. The van der Waals surface area contributed by atoms with Gasteiger partial charge >= 0.3 is 35.8 Å². The van der Waals surface area contributed by atoms with Crippen molar-refractivity contribution in [3.8, 4) is 0 Å². The molecular weight excluding hydrogens is 1050 g/mol. The molecule has 3 atom stereocenters. The number of carboxylic acids is 2. The minimum Gasteiger partial charge on any atom is -0.481 e. The smallest absolute Gasteiger partial charge is 0.338 e. The van der Waals surface area contributed by atoms with Crippen LogP contribution in [-0.2, 0) is 38.2 Å². The highest BCUT2D eigenvalue weighted by atomic mass is 32.2. The van der Waals surface area contributed by atoms with Crippen LogP contribution in [0, 0.1) is 17.3 Å². The fraction of sp³-hybridized carbons (Fsp3) is 0.586. The number of thioether (sulfide) groups is 4. The lowest BCUT2D eigenvalue weighted by Crippen LogP contribution is -2.39. The zero-order valence-electron chi connectivity index (χ0n) is 44.8. The first-order valence-corrected chi connectivity index (χ1v) is 30.9. The highest BCUT2D eigenvalue weighted by molar-refractivity contribution is 8.48. The third-order valence-corrected chi connectivity index (χ3v) is 18.0. The third kappa shape index (κ3) is 31.1. The number of carboxylic acid groups (broad SMARTS) is 2. The largest absolute Gasteiger partial charge is 0.481 e. The molecule has 2 heterocycles. The highest BCUT2D eigenvalue weighted by Crippen LogP contribution is 2.47. The molecule has 2 aromatic rings. The first kappa shape index (κ1) is 68.7. The van der Waals surface area contributed by atoms with Crippen LogP contribution in [0.5, 0.6) is 0 Å². The average molecular weight is 1130 g/mol. The summed E-state index contributed by atoms with van der Waals surface area (Å²) in [6, 6.07) is 19.8. The van der Waals surface area contributed by atoms with Crippen LogP contribution >= 0.6 is 71.5 Å². The number of esters is 4. The monoisotopic (exact) mass is 1130 g/mol. The first-order chi connectivity index (χ1) is 35.3. The topological polar surface area (TPSA) is 161 Å². The molecule has 16 heteroatoms. The first-order valence-electron chi connectivity index (χ1n) is 26.4. The van der Waals surface area contributed by atoms with Gasteiger partial charge < -0.3 is 19.7 Å². The molecule has 0 radical (unpaired) electrons. The van der Waals surface area contributed by atoms with Gasteiger partial charge in [-0.15, -0.1) is 23.5 Å². The maximum Gasteiger partial charge on any atom is 0.338 e. The Morgan fingerprint density at radius 1 is 0.608 bits per heavy atom. The van der Waals surface area contributed by atoms with E-state index in [1.807, 2.05) is 66.7 Å². The van der Waals surface area contributed by atoms with E-state index in [0.717, 1.165) is 42.7 Å². The molecule has 412 valence electrons. The number of aliphatic carboxylic acids is 2. The molecule has 2 aromatic carbocycles. The number of carbonyl (C=O) groups is 6. The maximum atomic E-state index is 12.6. The van der Waals surface area contributed by atoms with Crippen LogP contribution in [0.4, 0.5) is 0 Å². The van der Waals surface area contributed by atoms with Crippen LogP contribution in [0.15, 0.2) is 79.4 Å². The van der Waals surface area contributed by atoms with Crippen LogP contribution < -0.4 is 0 Å². The summed E-state index contributed by atoms with van der Waals surface area (Å²) in [6.45, 7) is 14.5. The lowest BCUT2D eigenvalue weighted by atomic mass is 9.71. The van der Waals surface area contributed by atoms with Crippen molar-refractivity contribution < 1.29 is 48.5 Å². The number of thiocarbonyl (C=S) groups is 2. The molecule has 0 saturated carbocycles. The van der Waals surface area contributed by atoms with Crippen molar-refractivity contribution in [1.29, 1.82) is 0 Å². The second kappa shape index (κ2) is 40.9. The Bertz CT molecular complexity index is 2010. The van der Waals surface area contributed by atoms with Gasteiger partial charge in [0.2, 0.25) is 0 Å². The zero-order valence-corrected chi connectivity index (χ0v) is 49.7. The highest BCUT2D eigenvalue weighted by Gasteiger charge is 2.55. The SMILES string of the molecule is C=Cc1ccccc1.CCCCCCCCCCCCSC(=S)SC(C)(C)C(=O)O.CCCCCCCCCCCCSC(=S)SC(CC1C(=O)OC(=O)C1C(C)(C)C(=O)O)c1ccccc1.O=C1C=CC(=O)O1. The summed E-state index contributed by atoms with van der Waals surface area (Å²) in [4.78, 5) is 67.8. The van der Waals surface area contributed by atoms with Crippen molar-refractivity contribution in [1.82, 2.24) is 0 Å². The van der Waals surface area contributed by atoms with E-state index in [9.17, 15) is 33.9 Å². The van der Waals surface area contributed by atoms with Crippen LogP contribution in [0.25, 0.3) is 6.08 Å². The van der Waals surface area contributed by atoms with Gasteiger partial charge in [-0.2, -0.15) is 0 Å². The Morgan fingerprint density at radius 3 is 1.41 bits per heavy atom. The van der Waals surface area contributed by atoms with Crippen molar-refractivity contribution >= 4 is 120 Å². The molecule has 0 spiro atoms. The van der Waals surface area contributed by atoms with Gasteiger partial charge in [0.25, 0.3) is 0 Å². The number of rotatable bonds is 31. The van der Waals surface area contributed by atoms with Crippen LogP contribution in [-0.4, -0.2) is 69.3 Å². The number of benzene rings is 2. The molecule has 2 aliphatic heterocycles. The van der Waals surface area contributed by atoms with Crippen molar-refractivity contribution in [2.24, 2.45) is 17.3 Å². The summed E-state index contributed by atoms with van der Waals surface area (Å²) >= 11 is 17.0. The van der Waals surface area contributed by atoms with E-state index in [4.69, 9.17) is 34.3 Å². The van der Waals surface area contributed by atoms with E-state index in [1.54, 1.807) is 37.4 Å². The maximum absolute atomic E-state index is 12.6. The molecule has 74 heavy (non-hydrogen) atoms. The molecule has 10 nitrogen and oxygen atoms in total. The fourth-order valence-electron chi connectivity index (χ4n) is 7.67. The molecule has 2 N–H and O–H groups in total. The predicted octanol–water partition coefficient (Wildman–Crippen LogP) is 16.7. The molecule has 1 fully saturated rings. The van der Waals surface area contributed by atoms with E-state index < -0.39 is 57.8 Å². The summed E-state index contributed by atoms with van der Waals surface area (Å²) in [5.41, 5.74) is 0.755. The Balaban J connectivity index is 0.000000613. The number of hydrogen-bond acceptors (Lipinski definition) is 14. The zero-order chi connectivity index (χ0) is 55.2. The van der Waals surface area contributed by atoms with Gasteiger partial charge in [0.05, 0.1) is 17.3 Å². The van der Waals surface area contributed by atoms with E-state index in [1.165, 1.54) is 165 Å². The fourth-order valence-corrected chi connectivity index (χ4v) is 13.5. The van der Waals surface area contributed by atoms with Gasteiger partial charge in [0, 0.05) is 17.4 Å². The van der Waals surface area contributed by atoms with Crippen LogP contribution in [0.1, 0.15) is 193 Å². The molecule has 0 bridgehead atoms. The normalized spacial score (nSPS) is 15.3. The molecular formula is C58H84O10S6. The molecule has 0 amide bonds. The summed E-state index contributed by atoms with van der Waals surface area (Å²) < 4.78 is 9.63. The molecule has 0 aliphatic carbocycles. The second-order valence-electron chi connectivity index (χ2n) is 19.3. The van der Waals surface area contributed by atoms with Gasteiger partial charge in [0.15, 0.2) is 0 Å². The number of cyclic esters (lactones) is 4. The van der Waals surface area contributed by atoms with E-state index >= 15 is 0 Å². The van der Waals surface area contributed by atoms with Gasteiger partial charge in [-0.1, -0.05) is 251 Å². The summed E-state index contributed by atoms with van der Waals surface area (Å²) in [7, 11) is 0. The van der Waals surface area contributed by atoms with Gasteiger partial charge in [-0.3, -0.25) is 19.2 Å². The Morgan fingerprint density at radius 2 is 1.03 bits per heavy atom. The minimum absolute atomic E-state index is 0.176. The second-order valence-corrected chi connectivity index (χ2v) is 26.7. The van der Waals surface area contributed by atoms with Crippen molar-refractivity contribution in [2.45, 2.75) is 186 Å². The van der Waals surface area contributed by atoms with Crippen molar-refractivity contribution in [2.75, 3.05) is 11.5 Å². The molecule has 2 aliphatic rings. The van der Waals surface area contributed by atoms with E-state index in [-0.39, 0.29) is 5.25 Å². The summed E-state index contributed by atoms with van der Waals surface area (Å²) in [5, 5.41) is 18.6.